The monoisotopic (exact) mass is 264 g/mol. The number of carbonyl (C=O) groups is 1. The van der Waals surface area contributed by atoms with Gasteiger partial charge in [0, 0.05) is 18.8 Å². The summed E-state index contributed by atoms with van der Waals surface area (Å²) in [6, 6.07) is 7.86. The highest BCUT2D eigenvalue weighted by atomic mass is 16.5. The van der Waals surface area contributed by atoms with E-state index < -0.39 is 0 Å². The number of likely N-dealkylation sites (N-methyl/N-ethyl adjacent to an activating group) is 1. The highest BCUT2D eigenvalue weighted by Crippen LogP contribution is 2.19. The van der Waals surface area contributed by atoms with Crippen LogP contribution in [0.15, 0.2) is 24.3 Å². The molecular formula is C15H24N2O2. The molecular weight excluding hydrogens is 240 g/mol. The van der Waals surface area contributed by atoms with Crippen molar-refractivity contribution in [2.75, 3.05) is 18.5 Å². The van der Waals surface area contributed by atoms with Crippen molar-refractivity contribution in [1.82, 2.24) is 5.32 Å². The van der Waals surface area contributed by atoms with Gasteiger partial charge in [0.1, 0.15) is 5.75 Å². The van der Waals surface area contributed by atoms with Gasteiger partial charge in [-0.1, -0.05) is 13.8 Å². The lowest BCUT2D eigenvalue weighted by molar-refractivity contribution is -0.117. The number of hydrogen-bond donors (Lipinski definition) is 1. The molecule has 0 aromatic heterocycles. The van der Waals surface area contributed by atoms with Gasteiger partial charge < -0.3 is 15.0 Å². The minimum absolute atomic E-state index is 0.0474. The third kappa shape index (κ3) is 5.30. The molecule has 1 aromatic rings. The number of rotatable bonds is 6. The lowest BCUT2D eigenvalue weighted by Gasteiger charge is -2.19. The van der Waals surface area contributed by atoms with Crippen LogP contribution in [0, 0.1) is 0 Å². The van der Waals surface area contributed by atoms with Gasteiger partial charge in [0.15, 0.2) is 0 Å². The molecule has 0 atom stereocenters. The molecule has 1 rings (SSSR count). The number of nitrogens with zero attached hydrogens (tertiary/aromatic N) is 1. The Labute approximate surface area is 115 Å². The number of nitrogens with one attached hydrogen (secondary N) is 1. The van der Waals surface area contributed by atoms with Gasteiger partial charge in [-0.3, -0.25) is 4.79 Å². The Morgan fingerprint density at radius 1 is 1.21 bits per heavy atom. The number of ether oxygens (including phenoxy) is 1. The van der Waals surface area contributed by atoms with E-state index in [0.717, 1.165) is 11.4 Å². The maximum atomic E-state index is 11.9. The van der Waals surface area contributed by atoms with E-state index in [0.29, 0.717) is 12.6 Å². The van der Waals surface area contributed by atoms with Crippen LogP contribution in [-0.2, 0) is 4.79 Å². The molecule has 4 heteroatoms. The molecule has 0 saturated heterocycles. The lowest BCUT2D eigenvalue weighted by Crippen LogP contribution is -2.38. The second kappa shape index (κ2) is 7.14. The summed E-state index contributed by atoms with van der Waals surface area (Å²) in [4.78, 5) is 13.6. The molecule has 0 aliphatic carbocycles. The van der Waals surface area contributed by atoms with Crippen LogP contribution in [0.25, 0.3) is 0 Å². The second-order valence-electron chi connectivity index (χ2n) is 5.15. The number of anilines is 1. The first kappa shape index (κ1) is 15.5. The molecule has 1 N–H and O–H groups in total. The van der Waals surface area contributed by atoms with E-state index in [1.54, 1.807) is 11.9 Å². The third-order valence-corrected chi connectivity index (χ3v) is 2.63. The van der Waals surface area contributed by atoms with Crippen LogP contribution in [0.4, 0.5) is 5.69 Å². The molecule has 0 unspecified atom stereocenters. The van der Waals surface area contributed by atoms with Gasteiger partial charge in [0.05, 0.1) is 12.6 Å². The average molecular weight is 264 g/mol. The Morgan fingerprint density at radius 2 is 1.79 bits per heavy atom. The number of benzene rings is 1. The van der Waals surface area contributed by atoms with E-state index in [1.165, 1.54) is 0 Å². The fourth-order valence-corrected chi connectivity index (χ4v) is 1.57. The molecule has 0 aliphatic rings. The molecule has 0 heterocycles. The predicted octanol–water partition coefficient (Wildman–Crippen LogP) is 2.43. The zero-order chi connectivity index (χ0) is 14.4. The molecule has 19 heavy (non-hydrogen) atoms. The molecule has 0 radical (unpaired) electrons. The molecule has 0 spiro atoms. The van der Waals surface area contributed by atoms with Crippen LogP contribution in [-0.4, -0.2) is 31.6 Å². The summed E-state index contributed by atoms with van der Waals surface area (Å²) in [5.74, 6) is 0.867. The predicted molar refractivity (Wildman–Crippen MR) is 78.8 cm³/mol. The zero-order valence-electron chi connectivity index (χ0n) is 12.4. The van der Waals surface area contributed by atoms with Gasteiger partial charge in [0.25, 0.3) is 0 Å². The molecule has 4 nitrogen and oxygen atoms in total. The maximum absolute atomic E-state index is 11.9. The largest absolute Gasteiger partial charge is 0.491 e. The van der Waals surface area contributed by atoms with Crippen molar-refractivity contribution in [2.45, 2.75) is 39.8 Å². The van der Waals surface area contributed by atoms with Crippen LogP contribution in [0.5, 0.6) is 5.75 Å². The Kier molecular flexibility index (Phi) is 5.83. The normalized spacial score (nSPS) is 10.9. The van der Waals surface area contributed by atoms with Gasteiger partial charge in [-0.2, -0.15) is 0 Å². The lowest BCUT2D eigenvalue weighted by atomic mass is 10.2. The number of amides is 1. The summed E-state index contributed by atoms with van der Waals surface area (Å²) < 4.78 is 5.57. The Hall–Kier alpha value is -1.55. The zero-order valence-corrected chi connectivity index (χ0v) is 12.4. The van der Waals surface area contributed by atoms with Crippen molar-refractivity contribution in [2.24, 2.45) is 0 Å². The van der Waals surface area contributed by atoms with Crippen molar-refractivity contribution in [3.8, 4) is 5.75 Å². The maximum Gasteiger partial charge on any atom is 0.240 e. The van der Waals surface area contributed by atoms with Crippen molar-refractivity contribution < 1.29 is 9.53 Å². The van der Waals surface area contributed by atoms with Gasteiger partial charge in [0.2, 0.25) is 5.91 Å². The SMILES string of the molecule is CC(C)NCC(=O)N(C)c1ccc(OC(C)C)cc1. The van der Waals surface area contributed by atoms with Gasteiger partial charge in [-0.15, -0.1) is 0 Å². The summed E-state index contributed by atoms with van der Waals surface area (Å²) in [6.45, 7) is 8.36. The molecule has 1 aromatic carbocycles. The summed E-state index contributed by atoms with van der Waals surface area (Å²) in [5.41, 5.74) is 0.867. The van der Waals surface area contributed by atoms with E-state index in [-0.39, 0.29) is 12.0 Å². The summed E-state index contributed by atoms with van der Waals surface area (Å²) in [7, 11) is 1.78. The minimum Gasteiger partial charge on any atom is -0.491 e. The summed E-state index contributed by atoms with van der Waals surface area (Å²) in [5, 5.41) is 3.12. The van der Waals surface area contributed by atoms with Crippen LogP contribution in [0.1, 0.15) is 27.7 Å². The van der Waals surface area contributed by atoms with Crippen LogP contribution < -0.4 is 15.0 Å². The molecule has 106 valence electrons. The molecule has 1 amide bonds. The van der Waals surface area contributed by atoms with E-state index in [1.807, 2.05) is 52.0 Å². The standard InChI is InChI=1S/C15H24N2O2/c1-11(2)16-10-15(18)17(5)13-6-8-14(9-7-13)19-12(3)4/h6-9,11-12,16H,10H2,1-5H3. The number of hydrogen-bond acceptors (Lipinski definition) is 3. The first-order chi connectivity index (χ1) is 8.90. The second-order valence-corrected chi connectivity index (χ2v) is 5.15. The molecule has 0 bridgehead atoms. The van der Waals surface area contributed by atoms with E-state index in [9.17, 15) is 4.79 Å². The van der Waals surface area contributed by atoms with Gasteiger partial charge in [-0.25, -0.2) is 0 Å². The minimum atomic E-state index is 0.0474. The van der Waals surface area contributed by atoms with Crippen molar-refractivity contribution in [1.29, 1.82) is 0 Å². The molecule has 0 fully saturated rings. The van der Waals surface area contributed by atoms with Crippen LogP contribution in [0.2, 0.25) is 0 Å². The molecule has 0 saturated carbocycles. The fourth-order valence-electron chi connectivity index (χ4n) is 1.57. The van der Waals surface area contributed by atoms with Crippen LogP contribution in [0.3, 0.4) is 0 Å². The first-order valence-electron chi connectivity index (χ1n) is 6.66. The Balaban J connectivity index is 2.61. The van der Waals surface area contributed by atoms with E-state index >= 15 is 0 Å². The summed E-state index contributed by atoms with van der Waals surface area (Å²) >= 11 is 0. The van der Waals surface area contributed by atoms with E-state index in [4.69, 9.17) is 4.74 Å². The van der Waals surface area contributed by atoms with Gasteiger partial charge >= 0.3 is 0 Å². The first-order valence-corrected chi connectivity index (χ1v) is 6.66. The smallest absolute Gasteiger partial charge is 0.240 e. The number of carbonyl (C=O) groups excluding carboxylic acids is 1. The van der Waals surface area contributed by atoms with Crippen LogP contribution >= 0.6 is 0 Å². The highest BCUT2D eigenvalue weighted by Gasteiger charge is 2.11. The summed E-state index contributed by atoms with van der Waals surface area (Å²) in [6.07, 6.45) is 0.153. The molecule has 0 aliphatic heterocycles. The highest BCUT2D eigenvalue weighted by molar-refractivity contribution is 5.94. The van der Waals surface area contributed by atoms with Crippen molar-refractivity contribution >= 4 is 11.6 Å². The average Bonchev–Trinajstić information content (AvgIpc) is 2.35. The third-order valence-electron chi connectivity index (χ3n) is 2.63. The van der Waals surface area contributed by atoms with Crippen molar-refractivity contribution in [3.63, 3.8) is 0 Å². The fraction of sp³-hybridized carbons (Fsp3) is 0.533. The van der Waals surface area contributed by atoms with Gasteiger partial charge in [-0.05, 0) is 38.1 Å². The topological polar surface area (TPSA) is 41.6 Å². The Bertz CT molecular complexity index is 399. The van der Waals surface area contributed by atoms with E-state index in [2.05, 4.69) is 5.32 Å². The Morgan fingerprint density at radius 3 is 2.26 bits per heavy atom. The quantitative estimate of drug-likeness (QED) is 0.858. The van der Waals surface area contributed by atoms with Crippen molar-refractivity contribution in [3.05, 3.63) is 24.3 Å².